The van der Waals surface area contributed by atoms with E-state index in [9.17, 15) is 0 Å². The molecule has 2 heterocycles. The van der Waals surface area contributed by atoms with Crippen LogP contribution in [0.1, 0.15) is 5.69 Å². The highest BCUT2D eigenvalue weighted by Crippen LogP contribution is 2.18. The normalized spacial score (nSPS) is 10.5. The van der Waals surface area contributed by atoms with Gasteiger partial charge in [0.05, 0.1) is 10.5 Å². The summed E-state index contributed by atoms with van der Waals surface area (Å²) in [6.45, 7) is 1.93. The van der Waals surface area contributed by atoms with Gasteiger partial charge in [-0.25, -0.2) is 4.98 Å². The fourth-order valence-corrected chi connectivity index (χ4v) is 1.29. The Bertz CT molecular complexity index is 426. The minimum absolute atomic E-state index is 0.656. The summed E-state index contributed by atoms with van der Waals surface area (Å²) in [5.74, 6) is 0. The Kier molecular flexibility index (Phi) is 1.70. The smallest absolute Gasteiger partial charge is 0.108 e. The summed E-state index contributed by atoms with van der Waals surface area (Å²) < 4.78 is 0. The summed E-state index contributed by atoms with van der Waals surface area (Å²) in [5, 5.41) is 0.656. The van der Waals surface area contributed by atoms with Gasteiger partial charge in [0.1, 0.15) is 5.52 Å². The van der Waals surface area contributed by atoms with Gasteiger partial charge in [0, 0.05) is 11.9 Å². The predicted molar refractivity (Wildman–Crippen MR) is 49.3 cm³/mol. The molecule has 0 N–H and O–H groups in total. The molecule has 3 heteroatoms. The Morgan fingerprint density at radius 3 is 2.92 bits per heavy atom. The lowest BCUT2D eigenvalue weighted by atomic mass is 10.3. The maximum absolute atomic E-state index is 5.93. The second-order valence-corrected chi connectivity index (χ2v) is 3.02. The average molecular weight is 179 g/mol. The van der Waals surface area contributed by atoms with Crippen molar-refractivity contribution in [1.29, 1.82) is 0 Å². The Morgan fingerprint density at radius 1 is 1.25 bits per heavy atom. The number of hydrogen-bond acceptors (Lipinski definition) is 2. The zero-order valence-corrected chi connectivity index (χ0v) is 7.34. The molecule has 60 valence electrons. The minimum Gasteiger partial charge on any atom is -0.255 e. The van der Waals surface area contributed by atoms with E-state index in [1.54, 1.807) is 12.3 Å². The zero-order valence-electron chi connectivity index (χ0n) is 6.58. The van der Waals surface area contributed by atoms with E-state index >= 15 is 0 Å². The molecule has 0 aliphatic heterocycles. The van der Waals surface area contributed by atoms with Gasteiger partial charge >= 0.3 is 0 Å². The van der Waals surface area contributed by atoms with Crippen molar-refractivity contribution in [1.82, 2.24) is 9.97 Å². The molecule has 2 aromatic heterocycles. The molecule has 0 fully saturated rings. The van der Waals surface area contributed by atoms with Crippen molar-refractivity contribution in [3.8, 4) is 0 Å². The van der Waals surface area contributed by atoms with Crippen LogP contribution in [-0.2, 0) is 0 Å². The lowest BCUT2D eigenvalue weighted by Gasteiger charge is -1.98. The fraction of sp³-hybridized carbons (Fsp3) is 0.111. The first kappa shape index (κ1) is 7.50. The first-order valence-corrected chi connectivity index (χ1v) is 4.03. The third kappa shape index (κ3) is 1.14. The van der Waals surface area contributed by atoms with Gasteiger partial charge in [-0.2, -0.15) is 0 Å². The summed E-state index contributed by atoms with van der Waals surface area (Å²) in [6.07, 6.45) is 1.68. The summed E-state index contributed by atoms with van der Waals surface area (Å²) in [7, 11) is 0. The monoisotopic (exact) mass is 178 g/mol. The highest BCUT2D eigenvalue weighted by Gasteiger charge is 1.99. The summed E-state index contributed by atoms with van der Waals surface area (Å²) in [4.78, 5) is 8.42. The number of halogens is 1. The minimum atomic E-state index is 0.656. The van der Waals surface area contributed by atoms with Crippen molar-refractivity contribution in [2.45, 2.75) is 6.92 Å². The van der Waals surface area contributed by atoms with E-state index in [1.807, 2.05) is 19.1 Å². The molecule has 0 aliphatic carbocycles. The molecular formula is C9H7ClN2. The van der Waals surface area contributed by atoms with E-state index in [0.717, 1.165) is 16.7 Å². The maximum Gasteiger partial charge on any atom is 0.108 e. The number of aromatic nitrogens is 2. The van der Waals surface area contributed by atoms with E-state index in [4.69, 9.17) is 11.6 Å². The van der Waals surface area contributed by atoms with Crippen LogP contribution in [0.3, 0.4) is 0 Å². The molecule has 0 amide bonds. The van der Waals surface area contributed by atoms with Gasteiger partial charge in [-0.3, -0.25) is 4.98 Å². The second kappa shape index (κ2) is 2.72. The molecule has 0 unspecified atom stereocenters. The zero-order chi connectivity index (χ0) is 8.55. The van der Waals surface area contributed by atoms with Gasteiger partial charge < -0.3 is 0 Å². The summed E-state index contributed by atoms with van der Waals surface area (Å²) in [5.41, 5.74) is 2.57. The van der Waals surface area contributed by atoms with Crippen LogP contribution in [-0.4, -0.2) is 9.97 Å². The van der Waals surface area contributed by atoms with Gasteiger partial charge in [0.2, 0.25) is 0 Å². The van der Waals surface area contributed by atoms with E-state index < -0.39 is 0 Å². The molecule has 0 aromatic carbocycles. The Hall–Kier alpha value is -1.15. The number of fused-ring (bicyclic) bond motifs is 1. The van der Waals surface area contributed by atoms with Gasteiger partial charge in [0.25, 0.3) is 0 Å². The highest BCUT2D eigenvalue weighted by molar-refractivity contribution is 6.34. The molecule has 12 heavy (non-hydrogen) atoms. The van der Waals surface area contributed by atoms with Crippen LogP contribution in [0, 0.1) is 6.92 Å². The quantitative estimate of drug-likeness (QED) is 0.620. The third-order valence-electron chi connectivity index (χ3n) is 1.67. The SMILES string of the molecule is Cc1ccc2nccc(Cl)c2n1. The molecular weight excluding hydrogens is 172 g/mol. The largest absolute Gasteiger partial charge is 0.255 e. The Morgan fingerprint density at radius 2 is 2.08 bits per heavy atom. The van der Waals surface area contributed by atoms with Crippen LogP contribution in [0.15, 0.2) is 24.4 Å². The van der Waals surface area contributed by atoms with E-state index in [1.165, 1.54) is 0 Å². The Balaban J connectivity index is 2.88. The number of nitrogens with zero attached hydrogens (tertiary/aromatic N) is 2. The van der Waals surface area contributed by atoms with E-state index in [-0.39, 0.29) is 0 Å². The van der Waals surface area contributed by atoms with Crippen LogP contribution in [0.5, 0.6) is 0 Å². The van der Waals surface area contributed by atoms with Crippen molar-refractivity contribution in [3.05, 3.63) is 35.1 Å². The molecule has 2 nitrogen and oxygen atoms in total. The van der Waals surface area contributed by atoms with Crippen LogP contribution in [0.2, 0.25) is 5.02 Å². The number of pyridine rings is 2. The molecule has 2 rings (SSSR count). The first-order valence-electron chi connectivity index (χ1n) is 3.65. The molecule has 0 saturated heterocycles. The molecule has 0 bridgehead atoms. The average Bonchev–Trinajstić information content (AvgIpc) is 2.07. The van der Waals surface area contributed by atoms with Gasteiger partial charge in [-0.15, -0.1) is 0 Å². The molecule has 0 aliphatic rings. The van der Waals surface area contributed by atoms with Crippen molar-refractivity contribution in [3.63, 3.8) is 0 Å². The number of rotatable bonds is 0. The summed E-state index contributed by atoms with van der Waals surface area (Å²) >= 11 is 5.93. The van der Waals surface area contributed by atoms with Crippen LogP contribution >= 0.6 is 11.6 Å². The highest BCUT2D eigenvalue weighted by atomic mass is 35.5. The van der Waals surface area contributed by atoms with Crippen LogP contribution in [0.25, 0.3) is 11.0 Å². The van der Waals surface area contributed by atoms with Gasteiger partial charge in [-0.1, -0.05) is 11.6 Å². The number of aryl methyl sites for hydroxylation is 1. The number of hydrogen-bond donors (Lipinski definition) is 0. The van der Waals surface area contributed by atoms with Crippen molar-refractivity contribution in [2.24, 2.45) is 0 Å². The topological polar surface area (TPSA) is 25.8 Å². The molecule has 0 saturated carbocycles. The first-order chi connectivity index (χ1) is 5.77. The van der Waals surface area contributed by atoms with Gasteiger partial charge in [0.15, 0.2) is 0 Å². The maximum atomic E-state index is 5.93. The standard InChI is InChI=1S/C9H7ClN2/c1-6-2-3-8-9(12-6)7(10)4-5-11-8/h2-5H,1H3. The van der Waals surface area contributed by atoms with Crippen molar-refractivity contribution < 1.29 is 0 Å². The molecule has 2 aromatic rings. The summed E-state index contributed by atoms with van der Waals surface area (Å²) in [6, 6.07) is 5.59. The Labute approximate surface area is 75.2 Å². The molecule has 0 spiro atoms. The lowest BCUT2D eigenvalue weighted by Crippen LogP contribution is -1.85. The lowest BCUT2D eigenvalue weighted by molar-refractivity contribution is 1.24. The van der Waals surface area contributed by atoms with E-state index in [0.29, 0.717) is 5.02 Å². The van der Waals surface area contributed by atoms with E-state index in [2.05, 4.69) is 9.97 Å². The van der Waals surface area contributed by atoms with Crippen molar-refractivity contribution >= 4 is 22.6 Å². The van der Waals surface area contributed by atoms with Crippen LogP contribution in [0.4, 0.5) is 0 Å². The van der Waals surface area contributed by atoms with Crippen LogP contribution < -0.4 is 0 Å². The van der Waals surface area contributed by atoms with Crippen molar-refractivity contribution in [2.75, 3.05) is 0 Å². The third-order valence-corrected chi connectivity index (χ3v) is 1.98. The molecule has 0 radical (unpaired) electrons. The molecule has 0 atom stereocenters. The predicted octanol–water partition coefficient (Wildman–Crippen LogP) is 2.59. The van der Waals surface area contributed by atoms with Gasteiger partial charge in [-0.05, 0) is 25.1 Å². The fourth-order valence-electron chi connectivity index (χ4n) is 1.09. The second-order valence-electron chi connectivity index (χ2n) is 2.61.